The maximum absolute atomic E-state index is 11.5. The third kappa shape index (κ3) is 5.15. The lowest BCUT2D eigenvalue weighted by Crippen LogP contribution is -2.44. The fourth-order valence-electron chi connectivity index (χ4n) is 2.32. The van der Waals surface area contributed by atoms with E-state index in [1.54, 1.807) is 0 Å². The Balaban J connectivity index is 1.76. The molecule has 1 unspecified atom stereocenters. The second kappa shape index (κ2) is 8.29. The van der Waals surface area contributed by atoms with E-state index in [4.69, 9.17) is 5.73 Å². The number of carbonyl (C=O) groups is 1. The second-order valence-corrected chi connectivity index (χ2v) is 6.29. The zero-order valence-electron chi connectivity index (χ0n) is 11.8. The van der Waals surface area contributed by atoms with E-state index >= 15 is 0 Å². The number of benzene rings is 1. The molecule has 1 fully saturated rings. The molecule has 1 atom stereocenters. The number of carbonyl (C=O) groups excluding carboxylic acids is 1. The van der Waals surface area contributed by atoms with Crippen LogP contribution in [0.25, 0.3) is 0 Å². The molecule has 3 N–H and O–H groups in total. The van der Waals surface area contributed by atoms with Gasteiger partial charge in [0.15, 0.2) is 0 Å². The van der Waals surface area contributed by atoms with Gasteiger partial charge in [0.05, 0.1) is 6.04 Å². The van der Waals surface area contributed by atoms with Gasteiger partial charge in [0.1, 0.15) is 0 Å². The van der Waals surface area contributed by atoms with Crippen molar-refractivity contribution in [2.45, 2.75) is 19.0 Å². The summed E-state index contributed by atoms with van der Waals surface area (Å²) in [6, 6.07) is 9.84. The number of primary amides is 1. The highest BCUT2D eigenvalue weighted by Crippen LogP contribution is 2.10. The van der Waals surface area contributed by atoms with Crippen LogP contribution in [0.1, 0.15) is 12.0 Å². The van der Waals surface area contributed by atoms with Crippen molar-refractivity contribution in [2.75, 3.05) is 31.1 Å². The van der Waals surface area contributed by atoms with E-state index < -0.39 is 0 Å². The first-order valence-corrected chi connectivity index (χ1v) is 8.28. The predicted molar refractivity (Wildman–Crippen MR) is 84.6 cm³/mol. The van der Waals surface area contributed by atoms with Crippen LogP contribution in [0.2, 0.25) is 0 Å². The highest BCUT2D eigenvalue weighted by molar-refractivity contribution is 7.99. The molecule has 1 aromatic rings. The van der Waals surface area contributed by atoms with Crippen molar-refractivity contribution < 1.29 is 4.79 Å². The number of rotatable bonds is 7. The van der Waals surface area contributed by atoms with Gasteiger partial charge in [-0.3, -0.25) is 4.79 Å². The van der Waals surface area contributed by atoms with Crippen LogP contribution in [-0.2, 0) is 11.3 Å². The molecule has 110 valence electrons. The molecule has 1 heterocycles. The summed E-state index contributed by atoms with van der Waals surface area (Å²) in [6.07, 6.45) is 0.785. The lowest BCUT2D eigenvalue weighted by atomic mass is 10.1. The Kier molecular flexibility index (Phi) is 6.36. The van der Waals surface area contributed by atoms with Crippen LogP contribution in [0.3, 0.4) is 0 Å². The third-order valence-electron chi connectivity index (χ3n) is 3.58. The topological polar surface area (TPSA) is 58.4 Å². The maximum atomic E-state index is 11.5. The predicted octanol–water partition coefficient (Wildman–Crippen LogP) is 1.07. The first-order valence-electron chi connectivity index (χ1n) is 7.12. The van der Waals surface area contributed by atoms with Gasteiger partial charge < -0.3 is 16.0 Å². The Hall–Kier alpha value is -1.04. The Labute approximate surface area is 125 Å². The van der Waals surface area contributed by atoms with Crippen molar-refractivity contribution in [3.05, 3.63) is 35.9 Å². The number of hydrogen-bond acceptors (Lipinski definition) is 4. The molecule has 1 saturated heterocycles. The first kappa shape index (κ1) is 15.4. The molecule has 1 aliphatic rings. The molecule has 2 rings (SSSR count). The standard InChI is InChI=1S/C15H23N3OS/c16-15(19)14(6-7-18-8-10-20-11-9-18)17-12-13-4-2-1-3-5-13/h1-5,14,17H,6-12H2,(H2,16,19). The van der Waals surface area contributed by atoms with Gasteiger partial charge >= 0.3 is 0 Å². The lowest BCUT2D eigenvalue weighted by molar-refractivity contribution is -0.120. The molecule has 20 heavy (non-hydrogen) atoms. The van der Waals surface area contributed by atoms with Crippen molar-refractivity contribution in [1.29, 1.82) is 0 Å². The number of hydrogen-bond donors (Lipinski definition) is 2. The monoisotopic (exact) mass is 293 g/mol. The minimum atomic E-state index is -0.257. The van der Waals surface area contributed by atoms with Crippen molar-refractivity contribution in [2.24, 2.45) is 5.73 Å². The molecule has 0 saturated carbocycles. The SMILES string of the molecule is NC(=O)C(CCN1CCSCC1)NCc1ccccc1. The van der Waals surface area contributed by atoms with E-state index in [-0.39, 0.29) is 11.9 Å². The molecule has 1 aliphatic heterocycles. The van der Waals surface area contributed by atoms with Crippen LogP contribution < -0.4 is 11.1 Å². The van der Waals surface area contributed by atoms with Gasteiger partial charge in [-0.05, 0) is 12.0 Å². The Morgan fingerprint density at radius 3 is 2.65 bits per heavy atom. The van der Waals surface area contributed by atoms with Crippen LogP contribution >= 0.6 is 11.8 Å². The molecule has 0 aromatic heterocycles. The summed E-state index contributed by atoms with van der Waals surface area (Å²) in [5, 5.41) is 3.27. The van der Waals surface area contributed by atoms with Crippen LogP contribution in [0.5, 0.6) is 0 Å². The van der Waals surface area contributed by atoms with E-state index in [1.165, 1.54) is 17.1 Å². The number of amides is 1. The van der Waals surface area contributed by atoms with E-state index in [0.717, 1.165) is 26.1 Å². The number of nitrogens with one attached hydrogen (secondary N) is 1. The maximum Gasteiger partial charge on any atom is 0.234 e. The third-order valence-corrected chi connectivity index (χ3v) is 4.52. The number of thioether (sulfide) groups is 1. The van der Waals surface area contributed by atoms with Crippen molar-refractivity contribution in [3.63, 3.8) is 0 Å². The van der Waals surface area contributed by atoms with E-state index in [9.17, 15) is 4.79 Å². The van der Waals surface area contributed by atoms with E-state index in [0.29, 0.717) is 6.54 Å². The second-order valence-electron chi connectivity index (χ2n) is 5.06. The van der Waals surface area contributed by atoms with Crippen molar-refractivity contribution in [1.82, 2.24) is 10.2 Å². The average molecular weight is 293 g/mol. The summed E-state index contributed by atoms with van der Waals surface area (Å²) in [7, 11) is 0. The zero-order valence-corrected chi connectivity index (χ0v) is 12.6. The van der Waals surface area contributed by atoms with Crippen molar-refractivity contribution in [3.8, 4) is 0 Å². The molecule has 4 nitrogen and oxygen atoms in total. The Morgan fingerprint density at radius 1 is 1.30 bits per heavy atom. The molecule has 5 heteroatoms. The quantitative estimate of drug-likeness (QED) is 0.789. The molecule has 0 aliphatic carbocycles. The molecular weight excluding hydrogens is 270 g/mol. The minimum Gasteiger partial charge on any atom is -0.368 e. The van der Waals surface area contributed by atoms with E-state index in [1.807, 2.05) is 42.1 Å². The lowest BCUT2D eigenvalue weighted by Gasteiger charge is -2.27. The summed E-state index contributed by atoms with van der Waals surface area (Å²) in [4.78, 5) is 13.9. The molecule has 0 spiro atoms. The van der Waals surface area contributed by atoms with Gasteiger partial charge in [0, 0.05) is 37.7 Å². The summed E-state index contributed by atoms with van der Waals surface area (Å²) in [5.74, 6) is 2.13. The Morgan fingerprint density at radius 2 is 2.00 bits per heavy atom. The Bertz CT molecular complexity index is 407. The normalized spacial score (nSPS) is 17.8. The van der Waals surface area contributed by atoms with Crippen LogP contribution in [0.4, 0.5) is 0 Å². The van der Waals surface area contributed by atoms with Crippen LogP contribution in [0.15, 0.2) is 30.3 Å². The van der Waals surface area contributed by atoms with Crippen molar-refractivity contribution >= 4 is 17.7 Å². The summed E-state index contributed by atoms with van der Waals surface area (Å²) in [5.41, 5.74) is 6.67. The molecular formula is C15H23N3OS. The number of nitrogens with zero attached hydrogens (tertiary/aromatic N) is 1. The molecule has 1 amide bonds. The van der Waals surface area contributed by atoms with Gasteiger partial charge in [-0.1, -0.05) is 30.3 Å². The highest BCUT2D eigenvalue weighted by atomic mass is 32.2. The average Bonchev–Trinajstić information content (AvgIpc) is 2.49. The summed E-state index contributed by atoms with van der Waals surface area (Å²) >= 11 is 2.00. The van der Waals surface area contributed by atoms with Gasteiger partial charge in [0.25, 0.3) is 0 Å². The van der Waals surface area contributed by atoms with Gasteiger partial charge in [-0.2, -0.15) is 11.8 Å². The molecule has 0 bridgehead atoms. The van der Waals surface area contributed by atoms with Gasteiger partial charge in [0.2, 0.25) is 5.91 Å². The fraction of sp³-hybridized carbons (Fsp3) is 0.533. The van der Waals surface area contributed by atoms with Crippen LogP contribution in [0, 0.1) is 0 Å². The number of nitrogens with two attached hydrogens (primary N) is 1. The molecule has 0 radical (unpaired) electrons. The largest absolute Gasteiger partial charge is 0.368 e. The minimum absolute atomic E-state index is 0.246. The smallest absolute Gasteiger partial charge is 0.234 e. The summed E-state index contributed by atoms with van der Waals surface area (Å²) in [6.45, 7) is 3.87. The van der Waals surface area contributed by atoms with Gasteiger partial charge in [-0.25, -0.2) is 0 Å². The highest BCUT2D eigenvalue weighted by Gasteiger charge is 2.17. The van der Waals surface area contributed by atoms with Gasteiger partial charge in [-0.15, -0.1) is 0 Å². The summed E-state index contributed by atoms with van der Waals surface area (Å²) < 4.78 is 0. The molecule has 1 aromatic carbocycles. The first-order chi connectivity index (χ1) is 9.75. The fourth-order valence-corrected chi connectivity index (χ4v) is 3.30. The zero-order chi connectivity index (χ0) is 14.2. The van der Waals surface area contributed by atoms with Crippen LogP contribution in [-0.4, -0.2) is 48.0 Å². The van der Waals surface area contributed by atoms with E-state index in [2.05, 4.69) is 10.2 Å².